The molecule has 2 aromatic carbocycles. The van der Waals surface area contributed by atoms with E-state index in [1.54, 1.807) is 14.2 Å². The van der Waals surface area contributed by atoms with Gasteiger partial charge in [-0.2, -0.15) is 0 Å². The molecule has 128 valence electrons. The predicted molar refractivity (Wildman–Crippen MR) is 95.9 cm³/mol. The number of hydrogen-bond donors (Lipinski definition) is 1. The highest BCUT2D eigenvalue weighted by atomic mass is 32.2. The van der Waals surface area contributed by atoms with E-state index in [-0.39, 0.29) is 6.54 Å². The van der Waals surface area contributed by atoms with Gasteiger partial charge in [-0.15, -0.1) is 0 Å². The first-order valence-corrected chi connectivity index (χ1v) is 9.26. The molecule has 1 N–H and O–H groups in total. The van der Waals surface area contributed by atoms with E-state index in [1.807, 2.05) is 54.6 Å². The minimum atomic E-state index is -3.24. The van der Waals surface area contributed by atoms with Crippen LogP contribution in [0.5, 0.6) is 11.5 Å². The highest BCUT2D eigenvalue weighted by Gasteiger charge is 2.07. The number of benzene rings is 2. The van der Waals surface area contributed by atoms with Crippen molar-refractivity contribution in [1.82, 2.24) is 4.72 Å². The lowest BCUT2D eigenvalue weighted by Gasteiger charge is -2.11. The third-order valence-electron chi connectivity index (χ3n) is 3.45. The van der Waals surface area contributed by atoms with Gasteiger partial charge in [-0.1, -0.05) is 30.3 Å². The van der Waals surface area contributed by atoms with Crippen LogP contribution in [0.25, 0.3) is 5.57 Å². The second kappa shape index (κ2) is 7.99. The van der Waals surface area contributed by atoms with Crippen molar-refractivity contribution in [3.63, 3.8) is 0 Å². The molecule has 0 atom stereocenters. The molecule has 0 unspecified atom stereocenters. The van der Waals surface area contributed by atoms with Crippen LogP contribution in [-0.2, 0) is 10.0 Å². The Morgan fingerprint density at radius 1 is 0.917 bits per heavy atom. The van der Waals surface area contributed by atoms with E-state index in [4.69, 9.17) is 9.47 Å². The van der Waals surface area contributed by atoms with Crippen LogP contribution in [0.4, 0.5) is 0 Å². The zero-order valence-electron chi connectivity index (χ0n) is 13.9. The van der Waals surface area contributed by atoms with Gasteiger partial charge in [-0.3, -0.25) is 0 Å². The number of sulfonamides is 1. The molecule has 2 aromatic rings. The van der Waals surface area contributed by atoms with Crippen LogP contribution in [0.2, 0.25) is 0 Å². The second-order valence-electron chi connectivity index (χ2n) is 5.20. The molecule has 2 rings (SSSR count). The first-order chi connectivity index (χ1) is 11.4. The molecule has 0 aliphatic heterocycles. The topological polar surface area (TPSA) is 64.6 Å². The van der Waals surface area contributed by atoms with E-state index in [0.29, 0.717) is 0 Å². The zero-order chi connectivity index (χ0) is 17.6. The maximum atomic E-state index is 11.3. The largest absolute Gasteiger partial charge is 0.497 e. The number of rotatable bonds is 7. The van der Waals surface area contributed by atoms with Crippen LogP contribution >= 0.6 is 0 Å². The summed E-state index contributed by atoms with van der Waals surface area (Å²) in [5.74, 6) is 1.53. The summed E-state index contributed by atoms with van der Waals surface area (Å²) in [5, 5.41) is 0. The van der Waals surface area contributed by atoms with E-state index in [9.17, 15) is 8.42 Å². The van der Waals surface area contributed by atoms with Crippen LogP contribution < -0.4 is 14.2 Å². The molecule has 0 amide bonds. The lowest BCUT2D eigenvalue weighted by Crippen LogP contribution is -2.21. The highest BCUT2D eigenvalue weighted by molar-refractivity contribution is 7.88. The van der Waals surface area contributed by atoms with Gasteiger partial charge in [0.25, 0.3) is 0 Å². The van der Waals surface area contributed by atoms with Gasteiger partial charge in [0, 0.05) is 6.54 Å². The second-order valence-corrected chi connectivity index (χ2v) is 7.03. The SMILES string of the molecule is COc1ccc(C(=CCNS(C)(=O)=O)c2ccc(OC)cc2)cc1. The van der Waals surface area contributed by atoms with Crippen molar-refractivity contribution in [2.24, 2.45) is 0 Å². The Bertz CT molecular complexity index is 744. The molecule has 0 heterocycles. The summed E-state index contributed by atoms with van der Waals surface area (Å²) in [7, 11) is -0.00744. The van der Waals surface area contributed by atoms with E-state index >= 15 is 0 Å². The van der Waals surface area contributed by atoms with E-state index in [1.165, 1.54) is 0 Å². The van der Waals surface area contributed by atoms with E-state index in [0.717, 1.165) is 34.5 Å². The predicted octanol–water partition coefficient (Wildman–Crippen LogP) is 2.68. The minimum absolute atomic E-state index is 0.215. The molecule has 6 heteroatoms. The average molecular weight is 347 g/mol. The van der Waals surface area contributed by atoms with Gasteiger partial charge in [-0.05, 0) is 41.0 Å². The highest BCUT2D eigenvalue weighted by Crippen LogP contribution is 2.26. The zero-order valence-corrected chi connectivity index (χ0v) is 14.8. The maximum Gasteiger partial charge on any atom is 0.208 e. The Hall–Kier alpha value is -2.31. The molecule has 0 saturated carbocycles. The Morgan fingerprint density at radius 2 is 1.33 bits per heavy atom. The number of hydrogen-bond acceptors (Lipinski definition) is 4. The monoisotopic (exact) mass is 347 g/mol. The normalized spacial score (nSPS) is 11.0. The third kappa shape index (κ3) is 5.11. The molecular formula is C18H21NO4S. The summed E-state index contributed by atoms with van der Waals surface area (Å²) in [6.45, 7) is 0.215. The fourth-order valence-electron chi connectivity index (χ4n) is 2.24. The van der Waals surface area contributed by atoms with Crippen molar-refractivity contribution in [3.8, 4) is 11.5 Å². The Balaban J connectivity index is 2.37. The van der Waals surface area contributed by atoms with Crippen molar-refractivity contribution in [3.05, 3.63) is 65.7 Å². The van der Waals surface area contributed by atoms with Crippen LogP contribution in [-0.4, -0.2) is 35.4 Å². The van der Waals surface area contributed by atoms with E-state index < -0.39 is 10.0 Å². The average Bonchev–Trinajstić information content (AvgIpc) is 2.58. The molecule has 0 fully saturated rings. The maximum absolute atomic E-state index is 11.3. The van der Waals surface area contributed by atoms with Gasteiger partial charge in [0.2, 0.25) is 10.0 Å². The van der Waals surface area contributed by atoms with Crippen LogP contribution in [0.15, 0.2) is 54.6 Å². The van der Waals surface area contributed by atoms with Gasteiger partial charge < -0.3 is 9.47 Å². The van der Waals surface area contributed by atoms with Crippen molar-refractivity contribution in [2.75, 3.05) is 27.0 Å². The van der Waals surface area contributed by atoms with Gasteiger partial charge in [0.15, 0.2) is 0 Å². The summed E-state index contributed by atoms with van der Waals surface area (Å²) < 4.78 is 35.4. The molecule has 0 spiro atoms. The van der Waals surface area contributed by atoms with Crippen LogP contribution in [0.3, 0.4) is 0 Å². The molecule has 0 aromatic heterocycles. The van der Waals surface area contributed by atoms with Gasteiger partial charge in [0.05, 0.1) is 20.5 Å². The number of nitrogens with one attached hydrogen (secondary N) is 1. The number of ether oxygens (including phenoxy) is 2. The van der Waals surface area contributed by atoms with Gasteiger partial charge in [0.1, 0.15) is 11.5 Å². The molecule has 0 bridgehead atoms. The third-order valence-corrected chi connectivity index (χ3v) is 4.14. The lowest BCUT2D eigenvalue weighted by atomic mass is 9.97. The standard InChI is InChI=1S/C18H21NO4S/c1-22-16-8-4-14(5-9-16)18(12-13-19-24(3,20)21)15-6-10-17(23-2)11-7-15/h4-12,19H,13H2,1-3H3. The van der Waals surface area contributed by atoms with Gasteiger partial charge >= 0.3 is 0 Å². The van der Waals surface area contributed by atoms with Crippen molar-refractivity contribution in [2.45, 2.75) is 0 Å². The van der Waals surface area contributed by atoms with E-state index in [2.05, 4.69) is 4.72 Å². The molecule has 0 aliphatic rings. The fraction of sp³-hybridized carbons (Fsp3) is 0.222. The first kappa shape index (κ1) is 18.0. The van der Waals surface area contributed by atoms with Crippen molar-refractivity contribution in [1.29, 1.82) is 0 Å². The summed E-state index contributed by atoms with van der Waals surface area (Å²) in [5.41, 5.74) is 2.86. The quantitative estimate of drug-likeness (QED) is 0.836. The fourth-order valence-corrected chi connectivity index (χ4v) is 2.62. The molecule has 24 heavy (non-hydrogen) atoms. The Labute approximate surface area is 143 Å². The Kier molecular flexibility index (Phi) is 6.00. The smallest absolute Gasteiger partial charge is 0.208 e. The molecule has 0 aliphatic carbocycles. The van der Waals surface area contributed by atoms with Crippen LogP contribution in [0.1, 0.15) is 11.1 Å². The van der Waals surface area contributed by atoms with Gasteiger partial charge in [-0.25, -0.2) is 13.1 Å². The summed E-state index contributed by atoms with van der Waals surface area (Å²) >= 11 is 0. The lowest BCUT2D eigenvalue weighted by molar-refractivity contribution is 0.414. The van der Waals surface area contributed by atoms with Crippen molar-refractivity contribution < 1.29 is 17.9 Å². The summed E-state index contributed by atoms with van der Waals surface area (Å²) in [4.78, 5) is 0. The summed E-state index contributed by atoms with van der Waals surface area (Å²) in [6.07, 6.45) is 2.99. The summed E-state index contributed by atoms with van der Waals surface area (Å²) in [6, 6.07) is 15.2. The number of methoxy groups -OCH3 is 2. The van der Waals surface area contributed by atoms with Crippen molar-refractivity contribution >= 4 is 15.6 Å². The molecular weight excluding hydrogens is 326 g/mol. The molecule has 5 nitrogen and oxygen atoms in total. The first-order valence-electron chi connectivity index (χ1n) is 7.36. The Morgan fingerprint density at radius 3 is 1.67 bits per heavy atom. The van der Waals surface area contributed by atoms with Crippen LogP contribution in [0, 0.1) is 0 Å². The minimum Gasteiger partial charge on any atom is -0.497 e. The molecule has 0 radical (unpaired) electrons. The molecule has 0 saturated heterocycles.